The molecule has 0 amide bonds. The first-order valence-electron chi connectivity index (χ1n) is 32.7. The Labute approximate surface area is 550 Å². The molecule has 0 aromatic heterocycles. The van der Waals surface area contributed by atoms with Crippen LogP contribution in [0.4, 0.5) is 0 Å². The van der Waals surface area contributed by atoms with E-state index in [9.17, 15) is 15.0 Å². The molecule has 7 aromatic rings. The molecule has 502 valence electrons. The third-order valence-corrected chi connectivity index (χ3v) is 16.3. The molecule has 0 aliphatic rings. The largest absolute Gasteiger partial charge is 0.508 e. The maximum absolute atomic E-state index is 10.7. The van der Waals surface area contributed by atoms with Gasteiger partial charge in [-0.25, -0.2) is 0 Å². The van der Waals surface area contributed by atoms with Gasteiger partial charge in [0.1, 0.15) is 28.6 Å². The summed E-state index contributed by atoms with van der Waals surface area (Å²) in [5, 5.41) is 36.6. The van der Waals surface area contributed by atoms with Gasteiger partial charge in [-0.2, -0.15) is 0 Å². The first-order valence-corrected chi connectivity index (χ1v) is 32.7. The van der Waals surface area contributed by atoms with Crippen LogP contribution in [0.25, 0.3) is 0 Å². The van der Waals surface area contributed by atoms with E-state index in [1.807, 2.05) is 78.9 Å². The summed E-state index contributed by atoms with van der Waals surface area (Å²) in [4.78, 5) is 10.7. The van der Waals surface area contributed by atoms with E-state index in [0.717, 1.165) is 60.7 Å². The molecule has 0 spiro atoms. The van der Waals surface area contributed by atoms with Gasteiger partial charge in [0.25, 0.3) is 0 Å². The van der Waals surface area contributed by atoms with Crippen LogP contribution in [0.15, 0.2) is 152 Å². The quantitative estimate of drug-likeness (QED) is 0.0328. The molecular formula is C80H116O11. The zero-order valence-electron chi connectivity index (χ0n) is 59.6. The smallest absolute Gasteiger partial charge is 0.308 e. The minimum Gasteiger partial charge on any atom is -0.508 e. The van der Waals surface area contributed by atoms with Gasteiger partial charge < -0.3 is 48.8 Å². The number of phenolic OH excluding ortho intramolecular Hbond substituents is 4. The predicted octanol–water partition coefficient (Wildman–Crippen LogP) is 22.4. The van der Waals surface area contributed by atoms with Crippen molar-refractivity contribution in [2.45, 2.75) is 217 Å². The molecule has 11 nitrogen and oxygen atoms in total. The molecule has 7 rings (SSSR count). The van der Waals surface area contributed by atoms with E-state index in [1.165, 1.54) is 59.2 Å². The zero-order valence-corrected chi connectivity index (χ0v) is 59.6. The molecule has 91 heavy (non-hydrogen) atoms. The van der Waals surface area contributed by atoms with Crippen LogP contribution in [0, 0.1) is 0 Å². The summed E-state index contributed by atoms with van der Waals surface area (Å²) < 4.78 is 31.3. The van der Waals surface area contributed by atoms with E-state index in [4.69, 9.17) is 38.6 Å². The van der Waals surface area contributed by atoms with E-state index in [0.29, 0.717) is 58.7 Å². The summed E-state index contributed by atoms with van der Waals surface area (Å²) in [5.74, 6) is 8.77. The van der Waals surface area contributed by atoms with Gasteiger partial charge in [-0.3, -0.25) is 4.79 Å². The highest BCUT2D eigenvalue weighted by Gasteiger charge is 2.13. The third-order valence-electron chi connectivity index (χ3n) is 16.3. The summed E-state index contributed by atoms with van der Waals surface area (Å²) in [6.45, 7) is 38.1. The fraction of sp³-hybridized carbons (Fsp3) is 0.463. The highest BCUT2D eigenvalue weighted by Crippen LogP contribution is 2.34. The number of carbonyl (C=O) groups is 1. The van der Waals surface area contributed by atoms with Gasteiger partial charge in [0.15, 0.2) is 34.5 Å². The minimum absolute atomic E-state index is 0.0344. The standard InChI is InChI=1S/C14H22O.C12H18O2.C12H16O2.C11H16O2.C11H16O.C10H14O2.C10H14O/c1-6-11(2)12-7-9-13(10-8-12)15-14(3,4)5;1-5-9(2)10-6-7-11(13-3)12(8-10)14-4;1-4-9(2)11-5-7-12(8-6-11)14-10(3)13;1-4-8(2)9-5-6-10(12)11(7-9)13-3;1-4-9(2)10-5-7-11(12-3)8-6-10;1-3-7(2)8-4-5-9(11)10(12)6-8;1-3-8(2)9-4-6-10(11)7-5-9/h7-11H,6H2,1-5H3;6-9H,5H2,1-4H3;5-9H,4H2,1-3H3;5-8,12H,4H2,1-3H3;5-9H,4H2,1-3H3;4-7,11-12H,3H2,1-2H3;4-8,11H,3H2,1-2H3. The second-order valence-corrected chi connectivity index (χ2v) is 24.3. The molecular weight excluding hydrogens is 1140 g/mol. The van der Waals surface area contributed by atoms with Crippen molar-refractivity contribution < 1.29 is 53.6 Å². The third kappa shape index (κ3) is 31.2. The Kier molecular flexibility index (Phi) is 39.1. The molecule has 0 bridgehead atoms. The Balaban J connectivity index is 0.000000532. The van der Waals surface area contributed by atoms with Gasteiger partial charge in [0, 0.05) is 6.92 Å². The highest BCUT2D eigenvalue weighted by molar-refractivity contribution is 5.69. The fourth-order valence-corrected chi connectivity index (χ4v) is 8.64. The lowest BCUT2D eigenvalue weighted by molar-refractivity contribution is -0.131. The number of hydrogen-bond donors (Lipinski definition) is 4. The van der Waals surface area contributed by atoms with Crippen LogP contribution >= 0.6 is 0 Å². The average molecular weight is 1250 g/mol. The monoisotopic (exact) mass is 1250 g/mol. The van der Waals surface area contributed by atoms with Crippen LogP contribution < -0.4 is 28.4 Å². The number of carbonyl (C=O) groups excluding carboxylic acids is 1. The molecule has 7 atom stereocenters. The number of ether oxygens (including phenoxy) is 6. The van der Waals surface area contributed by atoms with Gasteiger partial charge in [-0.1, -0.05) is 164 Å². The molecule has 7 unspecified atom stereocenters. The van der Waals surface area contributed by atoms with E-state index < -0.39 is 0 Å². The molecule has 0 heterocycles. The van der Waals surface area contributed by atoms with E-state index in [2.05, 4.69) is 160 Å². The first-order chi connectivity index (χ1) is 43.1. The van der Waals surface area contributed by atoms with Gasteiger partial charge in [0.2, 0.25) is 0 Å². The normalized spacial score (nSPS) is 12.7. The lowest BCUT2D eigenvalue weighted by Crippen LogP contribution is -2.22. The molecule has 0 fully saturated rings. The Morgan fingerprint density at radius 3 is 0.967 bits per heavy atom. The maximum Gasteiger partial charge on any atom is 0.308 e. The lowest BCUT2D eigenvalue weighted by atomic mass is 9.98. The summed E-state index contributed by atoms with van der Waals surface area (Å²) >= 11 is 0. The first kappa shape index (κ1) is 81.2. The van der Waals surface area contributed by atoms with Crippen LogP contribution in [0.5, 0.6) is 57.5 Å². The maximum atomic E-state index is 10.7. The summed E-state index contributed by atoms with van der Waals surface area (Å²) in [6.07, 6.45) is 7.89. The molecule has 4 N–H and O–H groups in total. The van der Waals surface area contributed by atoms with Gasteiger partial charge in [-0.15, -0.1) is 0 Å². The van der Waals surface area contributed by atoms with Crippen LogP contribution in [0.1, 0.15) is 250 Å². The van der Waals surface area contributed by atoms with Crippen LogP contribution in [-0.4, -0.2) is 60.4 Å². The topological polar surface area (TPSA) is 153 Å². The number of aromatic hydroxyl groups is 4. The second-order valence-electron chi connectivity index (χ2n) is 24.3. The van der Waals surface area contributed by atoms with Crippen molar-refractivity contribution in [2.75, 3.05) is 28.4 Å². The lowest BCUT2D eigenvalue weighted by Gasteiger charge is -2.21. The molecule has 11 heteroatoms. The number of benzene rings is 7. The van der Waals surface area contributed by atoms with Crippen molar-refractivity contribution >= 4 is 5.97 Å². The number of hydrogen-bond acceptors (Lipinski definition) is 11. The van der Waals surface area contributed by atoms with Crippen molar-refractivity contribution in [3.63, 3.8) is 0 Å². The molecule has 0 radical (unpaired) electrons. The number of esters is 1. The Morgan fingerprint density at radius 1 is 0.341 bits per heavy atom. The van der Waals surface area contributed by atoms with E-state index >= 15 is 0 Å². The molecule has 0 saturated heterocycles. The Morgan fingerprint density at radius 2 is 0.637 bits per heavy atom. The summed E-state index contributed by atoms with van der Waals surface area (Å²) in [7, 11) is 6.58. The van der Waals surface area contributed by atoms with Crippen molar-refractivity contribution in [3.8, 4) is 57.5 Å². The van der Waals surface area contributed by atoms with Gasteiger partial charge in [0.05, 0.1) is 28.4 Å². The second kappa shape index (κ2) is 43.8. The van der Waals surface area contributed by atoms with Crippen molar-refractivity contribution in [1.29, 1.82) is 0 Å². The predicted molar refractivity (Wildman–Crippen MR) is 381 cm³/mol. The summed E-state index contributed by atoms with van der Waals surface area (Å²) in [5.41, 5.74) is 8.80. The summed E-state index contributed by atoms with van der Waals surface area (Å²) in [6, 6.07) is 48.4. The molecule has 7 aromatic carbocycles. The van der Waals surface area contributed by atoms with Crippen LogP contribution in [0.3, 0.4) is 0 Å². The zero-order chi connectivity index (χ0) is 68.8. The van der Waals surface area contributed by atoms with Gasteiger partial charge in [-0.05, 0) is 231 Å². The van der Waals surface area contributed by atoms with Crippen molar-refractivity contribution in [3.05, 3.63) is 191 Å². The van der Waals surface area contributed by atoms with Crippen molar-refractivity contribution in [2.24, 2.45) is 0 Å². The fourth-order valence-electron chi connectivity index (χ4n) is 8.64. The van der Waals surface area contributed by atoms with Gasteiger partial charge >= 0.3 is 5.97 Å². The Hall–Kier alpha value is -7.79. The molecule has 0 aliphatic heterocycles. The number of methoxy groups -OCH3 is 4. The number of rotatable bonds is 20. The van der Waals surface area contributed by atoms with Crippen LogP contribution in [-0.2, 0) is 4.79 Å². The molecule has 0 aliphatic carbocycles. The Bertz CT molecular complexity index is 3040. The highest BCUT2D eigenvalue weighted by atomic mass is 16.5. The number of phenols is 4. The van der Waals surface area contributed by atoms with E-state index in [1.54, 1.807) is 52.7 Å². The van der Waals surface area contributed by atoms with Crippen LogP contribution in [0.2, 0.25) is 0 Å². The SMILES string of the molecule is CCC(C)c1ccc(O)c(O)c1.CCC(C)c1ccc(O)c(OC)c1.CCC(C)c1ccc(O)cc1.CCC(C)c1ccc(OC(C)(C)C)cc1.CCC(C)c1ccc(OC(C)=O)cc1.CCC(C)c1ccc(OC)c(OC)c1.CCC(C)c1ccc(OC)cc1. The average Bonchev–Trinajstić information content (AvgIpc) is 1.89. The van der Waals surface area contributed by atoms with Crippen molar-refractivity contribution in [1.82, 2.24) is 0 Å². The molecule has 0 saturated carbocycles. The van der Waals surface area contributed by atoms with E-state index in [-0.39, 0.29) is 28.8 Å². The minimum atomic E-state index is -0.277.